The number of carbonyl (C=O) groups is 1. The number of ether oxygens (including phenoxy) is 1. The van der Waals surface area contributed by atoms with E-state index in [2.05, 4.69) is 29.5 Å². The van der Waals surface area contributed by atoms with Gasteiger partial charge in [0, 0.05) is 18.3 Å². The molecule has 0 spiro atoms. The smallest absolute Gasteiger partial charge is 0.315 e. The normalized spacial score (nSPS) is 11.8. The average Bonchev–Trinajstić information content (AvgIpc) is 2.59. The number of nitrogens with zero attached hydrogens (tertiary/aromatic N) is 1. The molecule has 0 aliphatic rings. The third-order valence-electron chi connectivity index (χ3n) is 3.68. The molecular weight excluding hydrogens is 302 g/mol. The Balaban J connectivity index is 1.97. The number of carbonyl (C=O) groups excluding carboxylic acids is 1. The fourth-order valence-corrected chi connectivity index (χ4v) is 2.49. The molecule has 0 aliphatic heterocycles. The predicted octanol–water partition coefficient (Wildman–Crippen LogP) is 3.68. The highest BCUT2D eigenvalue weighted by molar-refractivity contribution is 5.74. The molecule has 128 valence electrons. The molecule has 1 aromatic carbocycles. The summed E-state index contributed by atoms with van der Waals surface area (Å²) in [5, 5.41) is 5.93. The third kappa shape index (κ3) is 4.98. The number of urea groups is 1. The van der Waals surface area contributed by atoms with E-state index in [1.807, 2.05) is 49.4 Å². The molecule has 2 amide bonds. The third-order valence-corrected chi connectivity index (χ3v) is 3.68. The molecule has 1 heterocycles. The zero-order valence-corrected chi connectivity index (χ0v) is 14.5. The van der Waals surface area contributed by atoms with E-state index < -0.39 is 0 Å². The van der Waals surface area contributed by atoms with Gasteiger partial charge < -0.3 is 15.4 Å². The molecule has 0 bridgehead atoms. The molecule has 0 saturated heterocycles. The number of hydrogen-bond donors (Lipinski definition) is 2. The molecule has 0 fully saturated rings. The van der Waals surface area contributed by atoms with Crippen LogP contribution in [0.2, 0.25) is 0 Å². The van der Waals surface area contributed by atoms with Gasteiger partial charge in [-0.05, 0) is 24.5 Å². The largest absolute Gasteiger partial charge is 0.478 e. The van der Waals surface area contributed by atoms with E-state index in [1.165, 1.54) is 0 Å². The van der Waals surface area contributed by atoms with Crippen molar-refractivity contribution >= 4 is 6.03 Å². The SMILES string of the molecule is CCOc1ncccc1CNC(=O)NC(c1ccccc1)C(C)C. The molecule has 5 heteroatoms. The lowest BCUT2D eigenvalue weighted by Crippen LogP contribution is -2.39. The number of amides is 2. The molecule has 2 N–H and O–H groups in total. The summed E-state index contributed by atoms with van der Waals surface area (Å²) in [5.74, 6) is 0.847. The molecule has 5 nitrogen and oxygen atoms in total. The van der Waals surface area contributed by atoms with Crippen LogP contribution in [-0.4, -0.2) is 17.6 Å². The summed E-state index contributed by atoms with van der Waals surface area (Å²) < 4.78 is 5.48. The fraction of sp³-hybridized carbons (Fsp3) is 0.368. The topological polar surface area (TPSA) is 63.2 Å². The van der Waals surface area contributed by atoms with E-state index >= 15 is 0 Å². The van der Waals surface area contributed by atoms with Gasteiger partial charge in [0.2, 0.25) is 5.88 Å². The maximum atomic E-state index is 12.3. The zero-order valence-electron chi connectivity index (χ0n) is 14.5. The maximum absolute atomic E-state index is 12.3. The standard InChI is InChI=1S/C19H25N3O2/c1-4-24-18-16(11-8-12-20-18)13-21-19(23)22-17(14(2)3)15-9-6-5-7-10-15/h5-12,14,17H,4,13H2,1-3H3,(H2,21,22,23). The second kappa shape index (κ2) is 8.91. The number of hydrogen-bond acceptors (Lipinski definition) is 3. The van der Waals surface area contributed by atoms with Gasteiger partial charge in [0.15, 0.2) is 0 Å². The lowest BCUT2D eigenvalue weighted by Gasteiger charge is -2.23. The molecule has 1 unspecified atom stereocenters. The number of pyridine rings is 1. The summed E-state index contributed by atoms with van der Waals surface area (Å²) >= 11 is 0. The minimum atomic E-state index is -0.205. The first-order valence-electron chi connectivity index (χ1n) is 8.27. The molecule has 24 heavy (non-hydrogen) atoms. The Hall–Kier alpha value is -2.56. The first kappa shape index (κ1) is 17.8. The van der Waals surface area contributed by atoms with Crippen molar-refractivity contribution in [3.05, 3.63) is 59.8 Å². The maximum Gasteiger partial charge on any atom is 0.315 e. The fourth-order valence-electron chi connectivity index (χ4n) is 2.49. The molecule has 0 radical (unpaired) electrons. The lowest BCUT2D eigenvalue weighted by molar-refractivity contribution is 0.232. The average molecular weight is 327 g/mol. The Kier molecular flexibility index (Phi) is 6.61. The first-order valence-corrected chi connectivity index (χ1v) is 8.27. The minimum absolute atomic E-state index is 0.0357. The second-order valence-corrected chi connectivity index (χ2v) is 5.86. The van der Waals surface area contributed by atoms with E-state index in [9.17, 15) is 4.79 Å². The van der Waals surface area contributed by atoms with Gasteiger partial charge in [-0.15, -0.1) is 0 Å². The summed E-state index contributed by atoms with van der Waals surface area (Å²) in [7, 11) is 0. The van der Waals surface area contributed by atoms with Crippen molar-refractivity contribution < 1.29 is 9.53 Å². The van der Waals surface area contributed by atoms with Crippen LogP contribution in [0.4, 0.5) is 4.79 Å². The number of nitrogens with one attached hydrogen (secondary N) is 2. The zero-order chi connectivity index (χ0) is 17.4. The monoisotopic (exact) mass is 327 g/mol. The number of rotatable bonds is 7. The predicted molar refractivity (Wildman–Crippen MR) is 94.8 cm³/mol. The van der Waals surface area contributed by atoms with Crippen LogP contribution in [0.15, 0.2) is 48.7 Å². The van der Waals surface area contributed by atoms with Gasteiger partial charge in [-0.25, -0.2) is 9.78 Å². The van der Waals surface area contributed by atoms with Crippen LogP contribution in [0.25, 0.3) is 0 Å². The molecule has 1 atom stereocenters. The summed E-state index contributed by atoms with van der Waals surface area (Å²) in [6, 6.07) is 13.5. The van der Waals surface area contributed by atoms with Crippen LogP contribution in [0.5, 0.6) is 5.88 Å². The van der Waals surface area contributed by atoms with Crippen molar-refractivity contribution in [1.29, 1.82) is 0 Å². The van der Waals surface area contributed by atoms with Crippen molar-refractivity contribution in [3.8, 4) is 5.88 Å². The Morgan fingerprint density at radius 2 is 1.92 bits per heavy atom. The van der Waals surface area contributed by atoms with Gasteiger partial charge >= 0.3 is 6.03 Å². The van der Waals surface area contributed by atoms with Gasteiger partial charge in [-0.3, -0.25) is 0 Å². The minimum Gasteiger partial charge on any atom is -0.478 e. The highest BCUT2D eigenvalue weighted by Gasteiger charge is 2.18. The van der Waals surface area contributed by atoms with Gasteiger partial charge in [0.25, 0.3) is 0 Å². The summed E-state index contributed by atoms with van der Waals surface area (Å²) in [5.41, 5.74) is 1.95. The quantitative estimate of drug-likeness (QED) is 0.815. The van der Waals surface area contributed by atoms with Crippen LogP contribution in [0.1, 0.15) is 37.9 Å². The Morgan fingerprint density at radius 1 is 1.17 bits per heavy atom. The Labute approximate surface area is 143 Å². The summed E-state index contributed by atoms with van der Waals surface area (Å²) in [4.78, 5) is 16.5. The van der Waals surface area contributed by atoms with Gasteiger partial charge in [-0.2, -0.15) is 0 Å². The molecule has 2 rings (SSSR count). The molecule has 2 aromatic rings. The molecule has 0 saturated carbocycles. The Bertz CT molecular complexity index is 644. The highest BCUT2D eigenvalue weighted by atomic mass is 16.5. The lowest BCUT2D eigenvalue weighted by atomic mass is 9.96. The summed E-state index contributed by atoms with van der Waals surface area (Å²) in [6.07, 6.45) is 1.68. The van der Waals surface area contributed by atoms with E-state index in [0.29, 0.717) is 19.0 Å². The van der Waals surface area contributed by atoms with E-state index in [-0.39, 0.29) is 18.0 Å². The van der Waals surface area contributed by atoms with Crippen molar-refractivity contribution in [3.63, 3.8) is 0 Å². The van der Waals surface area contributed by atoms with Crippen molar-refractivity contribution in [2.24, 2.45) is 5.92 Å². The van der Waals surface area contributed by atoms with Crippen LogP contribution in [0, 0.1) is 5.92 Å². The van der Waals surface area contributed by atoms with Crippen LogP contribution in [0.3, 0.4) is 0 Å². The van der Waals surface area contributed by atoms with Crippen LogP contribution < -0.4 is 15.4 Å². The summed E-state index contributed by atoms with van der Waals surface area (Å²) in [6.45, 7) is 7.00. The van der Waals surface area contributed by atoms with Crippen LogP contribution >= 0.6 is 0 Å². The van der Waals surface area contributed by atoms with E-state index in [1.54, 1.807) is 6.20 Å². The molecule has 1 aromatic heterocycles. The van der Waals surface area contributed by atoms with Crippen molar-refractivity contribution in [2.45, 2.75) is 33.4 Å². The Morgan fingerprint density at radius 3 is 2.58 bits per heavy atom. The van der Waals surface area contributed by atoms with Gasteiger partial charge in [0.1, 0.15) is 0 Å². The van der Waals surface area contributed by atoms with E-state index in [0.717, 1.165) is 11.1 Å². The van der Waals surface area contributed by atoms with E-state index in [4.69, 9.17) is 4.74 Å². The molecular formula is C19H25N3O2. The van der Waals surface area contributed by atoms with Crippen LogP contribution in [-0.2, 0) is 6.54 Å². The number of aromatic nitrogens is 1. The first-order chi connectivity index (χ1) is 11.6. The van der Waals surface area contributed by atoms with Gasteiger partial charge in [-0.1, -0.05) is 50.2 Å². The highest BCUT2D eigenvalue weighted by Crippen LogP contribution is 2.21. The van der Waals surface area contributed by atoms with Crippen molar-refractivity contribution in [2.75, 3.05) is 6.61 Å². The second-order valence-electron chi connectivity index (χ2n) is 5.86. The molecule has 0 aliphatic carbocycles. The van der Waals surface area contributed by atoms with Gasteiger partial charge in [0.05, 0.1) is 12.6 Å². The van der Waals surface area contributed by atoms with Crippen molar-refractivity contribution in [1.82, 2.24) is 15.6 Å². The number of benzene rings is 1.